The minimum absolute atomic E-state index is 0.0216. The highest BCUT2D eigenvalue weighted by Gasteiger charge is 2.38. The fourth-order valence-electron chi connectivity index (χ4n) is 6.04. The summed E-state index contributed by atoms with van der Waals surface area (Å²) in [6, 6.07) is 35.3. The van der Waals surface area contributed by atoms with E-state index in [2.05, 4.69) is 0 Å². The van der Waals surface area contributed by atoms with Gasteiger partial charge in [0.15, 0.2) is 34.7 Å². The number of hydrogen-bond acceptors (Lipinski definition) is 6. The Morgan fingerprint density at radius 2 is 0.674 bits per heavy atom. The van der Waals surface area contributed by atoms with Crippen LogP contribution in [-0.4, -0.2) is 34.7 Å². The van der Waals surface area contributed by atoms with Crippen LogP contribution >= 0.6 is 0 Å². The Hall–Kier alpha value is -6.40. The van der Waals surface area contributed by atoms with Crippen LogP contribution in [0.2, 0.25) is 0 Å². The highest BCUT2D eigenvalue weighted by Crippen LogP contribution is 2.36. The first-order chi connectivity index (χ1) is 22.4. The Kier molecular flexibility index (Phi) is 6.95. The number of fused-ring (bicyclic) bond motifs is 2. The molecule has 5 aromatic rings. The van der Waals surface area contributed by atoms with Gasteiger partial charge >= 0.3 is 0 Å². The van der Waals surface area contributed by atoms with Crippen molar-refractivity contribution in [1.82, 2.24) is 0 Å². The van der Waals surface area contributed by atoms with Crippen LogP contribution in [0.3, 0.4) is 0 Å². The van der Waals surface area contributed by atoms with Crippen molar-refractivity contribution in [2.24, 2.45) is 0 Å². The molecule has 0 unspecified atom stereocenters. The largest absolute Gasteiger partial charge is 0.289 e. The average molecular weight is 599 g/mol. The van der Waals surface area contributed by atoms with E-state index in [0.29, 0.717) is 11.1 Å². The van der Waals surface area contributed by atoms with Crippen LogP contribution in [0, 0.1) is 0 Å². The normalized spacial score (nSPS) is 14.3. The number of hydrogen-bond donors (Lipinski definition) is 0. The predicted molar refractivity (Wildman–Crippen MR) is 172 cm³/mol. The number of carbonyl (C=O) groups excluding carboxylic acids is 6. The maximum absolute atomic E-state index is 14.2. The fraction of sp³-hybridized carbons (Fsp3) is 0. The van der Waals surface area contributed by atoms with Crippen LogP contribution in [0.15, 0.2) is 145 Å². The van der Waals surface area contributed by atoms with Gasteiger partial charge in [0.05, 0.1) is 11.1 Å². The van der Waals surface area contributed by atoms with E-state index in [4.69, 9.17) is 0 Å². The third-order valence-corrected chi connectivity index (χ3v) is 8.21. The van der Waals surface area contributed by atoms with Gasteiger partial charge < -0.3 is 0 Å². The molecule has 0 saturated heterocycles. The van der Waals surface area contributed by atoms with E-state index in [9.17, 15) is 28.8 Å². The average Bonchev–Trinajstić information content (AvgIpc) is 3.11. The standard InChI is InChI=1S/C40H22O6/c41-35(33-31(23-12-3-1-4-13-23)37(43)27-18-7-9-20-29(27)39(33)45)25-16-11-17-26(22-25)36(42)34-32(24-14-5-2-6-15-24)38(44)28-19-8-10-21-30(28)40(34)46/h1-22H. The molecule has 0 atom stereocenters. The molecule has 0 saturated carbocycles. The molecule has 0 amide bonds. The molecule has 0 heterocycles. The molecular formula is C40H22O6. The van der Waals surface area contributed by atoms with Crippen molar-refractivity contribution >= 4 is 45.8 Å². The second-order valence-corrected chi connectivity index (χ2v) is 10.9. The quantitative estimate of drug-likeness (QED) is 0.152. The highest BCUT2D eigenvalue weighted by molar-refractivity contribution is 6.50. The lowest BCUT2D eigenvalue weighted by atomic mass is 9.77. The number of allylic oxidation sites excluding steroid dienone is 4. The lowest BCUT2D eigenvalue weighted by molar-refractivity contribution is 0.0936. The van der Waals surface area contributed by atoms with Gasteiger partial charge in [0.1, 0.15) is 0 Å². The van der Waals surface area contributed by atoms with Crippen LogP contribution in [0.5, 0.6) is 0 Å². The second-order valence-electron chi connectivity index (χ2n) is 10.9. The molecule has 218 valence electrons. The lowest BCUT2D eigenvalue weighted by Gasteiger charge is -2.21. The van der Waals surface area contributed by atoms with E-state index in [-0.39, 0.29) is 55.7 Å². The summed E-state index contributed by atoms with van der Waals surface area (Å²) in [6.45, 7) is 0. The SMILES string of the molecule is O=C(C1=C(c2ccccc2)C(=O)c2ccccc2C1=O)c1cccc(C(=O)C2=C(c3ccccc3)C(=O)c3ccccc3C2=O)c1. The van der Waals surface area contributed by atoms with Crippen LogP contribution in [-0.2, 0) is 0 Å². The molecule has 2 aliphatic rings. The summed E-state index contributed by atoms with van der Waals surface area (Å²) in [6.07, 6.45) is 0. The van der Waals surface area contributed by atoms with Gasteiger partial charge in [0, 0.05) is 44.5 Å². The van der Waals surface area contributed by atoms with Gasteiger partial charge in [-0.05, 0) is 17.2 Å². The Morgan fingerprint density at radius 1 is 0.348 bits per heavy atom. The minimum Gasteiger partial charge on any atom is -0.289 e. The van der Waals surface area contributed by atoms with E-state index < -0.39 is 34.7 Å². The summed E-state index contributed by atoms with van der Waals surface area (Å²) in [5.41, 5.74) is 0.759. The van der Waals surface area contributed by atoms with E-state index >= 15 is 0 Å². The number of carbonyl (C=O) groups is 6. The highest BCUT2D eigenvalue weighted by atomic mass is 16.2. The van der Waals surface area contributed by atoms with Crippen molar-refractivity contribution in [2.45, 2.75) is 0 Å². The Balaban J connectivity index is 1.37. The van der Waals surface area contributed by atoms with Gasteiger partial charge in [-0.15, -0.1) is 0 Å². The lowest BCUT2D eigenvalue weighted by Crippen LogP contribution is -2.27. The summed E-state index contributed by atoms with van der Waals surface area (Å²) in [4.78, 5) is 83.5. The van der Waals surface area contributed by atoms with E-state index in [1.807, 2.05) is 0 Å². The summed E-state index contributed by atoms with van der Waals surface area (Å²) in [5, 5.41) is 0. The molecule has 0 aromatic heterocycles. The summed E-state index contributed by atoms with van der Waals surface area (Å²) in [7, 11) is 0. The third kappa shape index (κ3) is 4.52. The van der Waals surface area contributed by atoms with Gasteiger partial charge in [-0.3, -0.25) is 28.8 Å². The third-order valence-electron chi connectivity index (χ3n) is 8.21. The zero-order valence-electron chi connectivity index (χ0n) is 24.2. The van der Waals surface area contributed by atoms with Gasteiger partial charge in [0.2, 0.25) is 0 Å². The van der Waals surface area contributed by atoms with Gasteiger partial charge in [0.25, 0.3) is 0 Å². The van der Waals surface area contributed by atoms with Crippen LogP contribution < -0.4 is 0 Å². The molecule has 0 radical (unpaired) electrons. The predicted octanol–water partition coefficient (Wildman–Crippen LogP) is 7.12. The van der Waals surface area contributed by atoms with Gasteiger partial charge in [-0.2, -0.15) is 0 Å². The number of benzene rings is 5. The minimum atomic E-state index is -0.741. The molecule has 46 heavy (non-hydrogen) atoms. The molecule has 7 rings (SSSR count). The first-order valence-corrected chi connectivity index (χ1v) is 14.5. The molecule has 0 spiro atoms. The maximum atomic E-state index is 14.2. The molecule has 6 heteroatoms. The van der Waals surface area contributed by atoms with Crippen molar-refractivity contribution in [2.75, 3.05) is 0 Å². The van der Waals surface area contributed by atoms with Crippen LogP contribution in [0.25, 0.3) is 11.1 Å². The monoisotopic (exact) mass is 598 g/mol. The number of rotatable bonds is 6. The molecule has 6 nitrogen and oxygen atoms in total. The molecule has 5 aromatic carbocycles. The molecular weight excluding hydrogens is 576 g/mol. The van der Waals surface area contributed by atoms with Crippen molar-refractivity contribution < 1.29 is 28.8 Å². The zero-order valence-corrected chi connectivity index (χ0v) is 24.2. The van der Waals surface area contributed by atoms with Crippen LogP contribution in [0.1, 0.15) is 73.3 Å². The molecule has 0 N–H and O–H groups in total. The van der Waals surface area contributed by atoms with Crippen LogP contribution in [0.4, 0.5) is 0 Å². The first kappa shape index (κ1) is 28.4. The first-order valence-electron chi connectivity index (χ1n) is 14.5. The molecule has 2 aliphatic carbocycles. The Bertz CT molecular complexity index is 2080. The summed E-state index contributed by atoms with van der Waals surface area (Å²) < 4.78 is 0. The molecule has 0 aliphatic heterocycles. The molecule has 0 fully saturated rings. The van der Waals surface area contributed by atoms with Crippen molar-refractivity contribution in [3.05, 3.63) is 189 Å². The van der Waals surface area contributed by atoms with Gasteiger partial charge in [-0.1, -0.05) is 127 Å². The van der Waals surface area contributed by atoms with Gasteiger partial charge in [-0.25, -0.2) is 0 Å². The summed E-state index contributed by atoms with van der Waals surface area (Å²) >= 11 is 0. The van der Waals surface area contributed by atoms with Crippen molar-refractivity contribution in [3.8, 4) is 0 Å². The second kappa shape index (κ2) is 11.3. The maximum Gasteiger partial charge on any atom is 0.198 e. The smallest absolute Gasteiger partial charge is 0.198 e. The van der Waals surface area contributed by atoms with E-state index in [0.717, 1.165) is 0 Å². The Labute approximate surface area is 263 Å². The van der Waals surface area contributed by atoms with E-state index in [1.54, 1.807) is 97.1 Å². The van der Waals surface area contributed by atoms with E-state index in [1.165, 1.54) is 36.4 Å². The number of ketones is 6. The Morgan fingerprint density at radius 3 is 1.04 bits per heavy atom. The topological polar surface area (TPSA) is 102 Å². The molecule has 0 bridgehead atoms. The number of Topliss-reactive ketones (excluding diaryl/α,β-unsaturated/α-hetero) is 6. The van der Waals surface area contributed by atoms with Crippen molar-refractivity contribution in [3.63, 3.8) is 0 Å². The zero-order chi connectivity index (χ0) is 31.9. The fourth-order valence-corrected chi connectivity index (χ4v) is 6.04. The summed E-state index contributed by atoms with van der Waals surface area (Å²) in [5.74, 6) is -3.60. The van der Waals surface area contributed by atoms with Crippen molar-refractivity contribution in [1.29, 1.82) is 0 Å².